The normalized spacial score (nSPS) is 30.9. The maximum absolute atomic E-state index is 12.3. The molecule has 6 heteroatoms. The fourth-order valence-corrected chi connectivity index (χ4v) is 3.25. The highest BCUT2D eigenvalue weighted by molar-refractivity contribution is 5.68. The van der Waals surface area contributed by atoms with Gasteiger partial charge in [-0.1, -0.05) is 30.3 Å². The highest BCUT2D eigenvalue weighted by Gasteiger charge is 2.51. The largest absolute Gasteiger partial charge is 0.445 e. The second-order valence-corrected chi connectivity index (χ2v) is 6.16. The van der Waals surface area contributed by atoms with Gasteiger partial charge in [0, 0.05) is 19.0 Å². The zero-order valence-corrected chi connectivity index (χ0v) is 12.4. The monoisotopic (exact) mass is 307 g/mol. The van der Waals surface area contributed by atoms with Gasteiger partial charge in [0.2, 0.25) is 0 Å². The fourth-order valence-electron chi connectivity index (χ4n) is 3.25. The van der Waals surface area contributed by atoms with E-state index in [0.717, 1.165) is 5.56 Å². The van der Waals surface area contributed by atoms with E-state index in [1.807, 2.05) is 30.3 Å². The summed E-state index contributed by atoms with van der Waals surface area (Å²) in [6.07, 6.45) is -1.06. The summed E-state index contributed by atoms with van der Waals surface area (Å²) in [7, 11) is 0. The highest BCUT2D eigenvalue weighted by atomic mass is 16.6. The third kappa shape index (κ3) is 2.82. The number of ether oxygens (including phenoxy) is 2. The Morgan fingerprint density at radius 3 is 2.91 bits per heavy atom. The van der Waals surface area contributed by atoms with Crippen molar-refractivity contribution in [3.8, 4) is 0 Å². The molecule has 1 aromatic rings. The summed E-state index contributed by atoms with van der Waals surface area (Å²) in [4.78, 5) is 13.8. The van der Waals surface area contributed by atoms with Crippen LogP contribution in [0.2, 0.25) is 0 Å². The molecule has 3 unspecified atom stereocenters. The molecule has 0 aliphatic carbocycles. The van der Waals surface area contributed by atoms with Crippen LogP contribution in [-0.2, 0) is 16.1 Å². The zero-order valence-electron chi connectivity index (χ0n) is 12.4. The van der Waals surface area contributed by atoms with Crippen LogP contribution >= 0.6 is 0 Å². The van der Waals surface area contributed by atoms with Gasteiger partial charge in [-0.05, 0) is 5.56 Å². The quantitative estimate of drug-likeness (QED) is 0.856. The van der Waals surface area contributed by atoms with Crippen LogP contribution in [0.15, 0.2) is 30.3 Å². The Bertz CT molecular complexity index is 523. The number of amides is 1. The van der Waals surface area contributed by atoms with E-state index < -0.39 is 17.6 Å². The van der Waals surface area contributed by atoms with Crippen LogP contribution in [0, 0.1) is 11.3 Å². The van der Waals surface area contributed by atoms with Crippen molar-refractivity contribution in [3.05, 3.63) is 35.9 Å². The molecule has 22 heavy (non-hydrogen) atoms. The standard InChI is InChI=1S/C16H21NO5/c18-10-16-9-17(6-13(14(16)19)8-21-11-16)15(20)22-7-12-4-2-1-3-5-12/h1-5,13-14,18-19H,6-11H2. The van der Waals surface area contributed by atoms with Crippen LogP contribution < -0.4 is 0 Å². The molecule has 1 aromatic carbocycles. The number of hydrogen-bond acceptors (Lipinski definition) is 5. The minimum absolute atomic E-state index is 0.182. The van der Waals surface area contributed by atoms with Gasteiger partial charge in [0.25, 0.3) is 0 Å². The lowest BCUT2D eigenvalue weighted by Crippen LogP contribution is -2.64. The van der Waals surface area contributed by atoms with Crippen molar-refractivity contribution >= 4 is 6.09 Å². The van der Waals surface area contributed by atoms with Crippen molar-refractivity contribution in [2.75, 3.05) is 32.9 Å². The topological polar surface area (TPSA) is 79.2 Å². The van der Waals surface area contributed by atoms with E-state index in [2.05, 4.69) is 0 Å². The molecule has 2 aliphatic rings. The molecular weight excluding hydrogens is 286 g/mol. The number of fused-ring (bicyclic) bond motifs is 2. The Hall–Kier alpha value is -1.63. The first-order chi connectivity index (χ1) is 10.6. The number of hydrogen-bond donors (Lipinski definition) is 2. The predicted octanol–water partition coefficient (Wildman–Crippen LogP) is 0.625. The first-order valence-electron chi connectivity index (χ1n) is 7.47. The van der Waals surface area contributed by atoms with Crippen LogP contribution in [-0.4, -0.2) is 60.2 Å². The van der Waals surface area contributed by atoms with Gasteiger partial charge in [0.1, 0.15) is 6.61 Å². The molecule has 2 saturated heterocycles. The van der Waals surface area contributed by atoms with E-state index in [1.165, 1.54) is 0 Å². The second kappa shape index (κ2) is 6.24. The number of aliphatic hydroxyl groups excluding tert-OH is 2. The summed E-state index contributed by atoms with van der Waals surface area (Å²) in [5, 5.41) is 20.0. The van der Waals surface area contributed by atoms with Crippen LogP contribution in [0.25, 0.3) is 0 Å². The van der Waals surface area contributed by atoms with Gasteiger partial charge in [-0.3, -0.25) is 0 Å². The number of rotatable bonds is 3. The summed E-state index contributed by atoms with van der Waals surface area (Å²) in [5.74, 6) is -0.182. The molecule has 2 aliphatic heterocycles. The number of benzene rings is 1. The summed E-state index contributed by atoms with van der Waals surface area (Å²) in [6, 6.07) is 9.48. The summed E-state index contributed by atoms with van der Waals surface area (Å²) in [6.45, 7) is 1.28. The molecule has 2 N–H and O–H groups in total. The molecule has 120 valence electrons. The number of carbonyl (C=O) groups is 1. The van der Waals surface area contributed by atoms with E-state index in [0.29, 0.717) is 13.2 Å². The van der Waals surface area contributed by atoms with E-state index in [4.69, 9.17) is 9.47 Å². The van der Waals surface area contributed by atoms with Crippen molar-refractivity contribution in [2.24, 2.45) is 11.3 Å². The van der Waals surface area contributed by atoms with Gasteiger partial charge >= 0.3 is 6.09 Å². The minimum atomic E-state index is -0.799. The maximum Gasteiger partial charge on any atom is 0.410 e. The molecule has 1 amide bonds. The number of aliphatic hydroxyl groups is 2. The molecule has 2 bridgehead atoms. The smallest absolute Gasteiger partial charge is 0.410 e. The van der Waals surface area contributed by atoms with Crippen LogP contribution in [0.5, 0.6) is 0 Å². The van der Waals surface area contributed by atoms with E-state index in [1.54, 1.807) is 4.90 Å². The number of nitrogens with zero attached hydrogens (tertiary/aromatic N) is 1. The SMILES string of the molecule is O=C(OCc1ccccc1)N1CC2COCC(CO)(C1)C2O. The molecule has 0 radical (unpaired) electrons. The second-order valence-electron chi connectivity index (χ2n) is 6.16. The first-order valence-corrected chi connectivity index (χ1v) is 7.47. The number of carbonyl (C=O) groups excluding carboxylic acids is 1. The molecular formula is C16H21NO5. The molecule has 2 fully saturated rings. The Labute approximate surface area is 129 Å². The fraction of sp³-hybridized carbons (Fsp3) is 0.562. The van der Waals surface area contributed by atoms with E-state index in [-0.39, 0.29) is 32.3 Å². The summed E-state index contributed by atoms with van der Waals surface area (Å²) >= 11 is 0. The lowest BCUT2D eigenvalue weighted by Gasteiger charge is -2.51. The Morgan fingerprint density at radius 2 is 2.18 bits per heavy atom. The van der Waals surface area contributed by atoms with Crippen molar-refractivity contribution < 1.29 is 24.5 Å². The molecule has 3 rings (SSSR count). The Kier molecular flexibility index (Phi) is 4.33. The van der Waals surface area contributed by atoms with Gasteiger partial charge in [-0.15, -0.1) is 0 Å². The lowest BCUT2D eigenvalue weighted by molar-refractivity contribution is -0.188. The Balaban J connectivity index is 1.64. The number of likely N-dealkylation sites (tertiary alicyclic amines) is 1. The van der Waals surface area contributed by atoms with Crippen molar-refractivity contribution in [1.29, 1.82) is 0 Å². The highest BCUT2D eigenvalue weighted by Crippen LogP contribution is 2.37. The van der Waals surface area contributed by atoms with Gasteiger partial charge in [0.05, 0.1) is 31.3 Å². The van der Waals surface area contributed by atoms with Crippen molar-refractivity contribution in [2.45, 2.75) is 12.7 Å². The first kappa shape index (κ1) is 15.3. The van der Waals surface area contributed by atoms with E-state index >= 15 is 0 Å². The van der Waals surface area contributed by atoms with Gasteiger partial charge in [-0.2, -0.15) is 0 Å². The van der Waals surface area contributed by atoms with Crippen molar-refractivity contribution in [1.82, 2.24) is 4.90 Å². The van der Waals surface area contributed by atoms with Gasteiger partial charge in [-0.25, -0.2) is 4.79 Å². The van der Waals surface area contributed by atoms with Gasteiger partial charge in [0.15, 0.2) is 0 Å². The average Bonchev–Trinajstić information content (AvgIpc) is 2.54. The number of piperidine rings is 1. The average molecular weight is 307 g/mol. The van der Waals surface area contributed by atoms with Crippen LogP contribution in [0.1, 0.15) is 5.56 Å². The molecule has 0 spiro atoms. The van der Waals surface area contributed by atoms with Crippen LogP contribution in [0.4, 0.5) is 4.79 Å². The van der Waals surface area contributed by atoms with E-state index in [9.17, 15) is 15.0 Å². The summed E-state index contributed by atoms with van der Waals surface area (Å²) < 4.78 is 10.8. The van der Waals surface area contributed by atoms with Gasteiger partial charge < -0.3 is 24.6 Å². The summed E-state index contributed by atoms with van der Waals surface area (Å²) in [5.41, 5.74) is 0.126. The lowest BCUT2D eigenvalue weighted by atomic mass is 9.72. The maximum atomic E-state index is 12.3. The minimum Gasteiger partial charge on any atom is -0.445 e. The third-order valence-corrected chi connectivity index (χ3v) is 4.53. The molecule has 2 heterocycles. The molecule has 0 aromatic heterocycles. The van der Waals surface area contributed by atoms with Crippen molar-refractivity contribution in [3.63, 3.8) is 0 Å². The molecule has 3 atom stereocenters. The zero-order chi connectivity index (χ0) is 15.6. The molecule has 0 saturated carbocycles. The van der Waals surface area contributed by atoms with Crippen LogP contribution in [0.3, 0.4) is 0 Å². The molecule has 6 nitrogen and oxygen atoms in total. The third-order valence-electron chi connectivity index (χ3n) is 4.53. The Morgan fingerprint density at radius 1 is 1.41 bits per heavy atom. The predicted molar refractivity (Wildman–Crippen MR) is 78.0 cm³/mol.